The Bertz CT molecular complexity index is 756. The van der Waals surface area contributed by atoms with Crippen LogP contribution >= 0.6 is 36.4 Å². The molecule has 0 aliphatic carbocycles. The van der Waals surface area contributed by atoms with Crippen LogP contribution in [0.1, 0.15) is 19.3 Å². The average Bonchev–Trinajstić information content (AvgIpc) is 2.68. The lowest BCUT2D eigenvalue weighted by Crippen LogP contribution is -2.43. The number of benzene rings is 1. The Labute approximate surface area is 182 Å². The molecule has 1 aliphatic heterocycles. The number of halogens is 3. The minimum atomic E-state index is -0.0237. The molecule has 2 N–H and O–H groups in total. The summed E-state index contributed by atoms with van der Waals surface area (Å²) >= 11 is 6.18. The molecule has 0 saturated carbocycles. The first-order chi connectivity index (χ1) is 12.7. The second kappa shape index (κ2) is 12.3. The van der Waals surface area contributed by atoms with E-state index in [1.54, 1.807) is 18.3 Å². The van der Waals surface area contributed by atoms with Gasteiger partial charge in [0.15, 0.2) is 6.61 Å². The van der Waals surface area contributed by atoms with Crippen molar-refractivity contribution in [1.29, 1.82) is 0 Å². The van der Waals surface area contributed by atoms with Gasteiger partial charge < -0.3 is 20.1 Å². The molecule has 1 aliphatic rings. The van der Waals surface area contributed by atoms with Gasteiger partial charge in [-0.2, -0.15) is 0 Å². The van der Waals surface area contributed by atoms with Gasteiger partial charge in [0.1, 0.15) is 11.3 Å². The molecule has 28 heavy (non-hydrogen) atoms. The molecule has 1 amide bonds. The van der Waals surface area contributed by atoms with Crippen LogP contribution in [0.5, 0.6) is 5.75 Å². The van der Waals surface area contributed by atoms with Crippen LogP contribution in [0.25, 0.3) is 10.9 Å². The van der Waals surface area contributed by atoms with Crippen LogP contribution in [0.15, 0.2) is 30.5 Å². The third-order valence-corrected chi connectivity index (χ3v) is 4.86. The Balaban J connectivity index is 0.00000196. The number of rotatable bonds is 7. The number of carbonyl (C=O) groups is 1. The summed E-state index contributed by atoms with van der Waals surface area (Å²) in [6, 6.07) is 7.22. The summed E-state index contributed by atoms with van der Waals surface area (Å²) in [6.45, 7) is 2.70. The first-order valence-electron chi connectivity index (χ1n) is 8.94. The third-order valence-electron chi connectivity index (χ3n) is 4.53. The number of amides is 1. The van der Waals surface area contributed by atoms with Crippen LogP contribution in [-0.4, -0.2) is 54.7 Å². The van der Waals surface area contributed by atoms with Crippen LogP contribution in [0.2, 0.25) is 5.02 Å². The van der Waals surface area contributed by atoms with Gasteiger partial charge in [-0.3, -0.25) is 9.78 Å². The van der Waals surface area contributed by atoms with E-state index in [1.165, 1.54) is 0 Å². The van der Waals surface area contributed by atoms with Crippen LogP contribution < -0.4 is 10.5 Å². The van der Waals surface area contributed by atoms with Gasteiger partial charge in [0.25, 0.3) is 5.91 Å². The zero-order chi connectivity index (χ0) is 18.4. The number of pyridine rings is 1. The van der Waals surface area contributed by atoms with Crippen LogP contribution in [0.4, 0.5) is 0 Å². The largest absolute Gasteiger partial charge is 0.481 e. The molecule has 0 radical (unpaired) electrons. The van der Waals surface area contributed by atoms with Gasteiger partial charge >= 0.3 is 0 Å². The fourth-order valence-electron chi connectivity index (χ4n) is 3.06. The summed E-state index contributed by atoms with van der Waals surface area (Å²) < 4.78 is 11.5. The van der Waals surface area contributed by atoms with E-state index in [1.807, 2.05) is 17.0 Å². The molecular weight excluding hydrogens is 425 g/mol. The first kappa shape index (κ1) is 24.7. The zero-order valence-electron chi connectivity index (χ0n) is 15.5. The minimum absolute atomic E-state index is 0. The molecule has 2 heterocycles. The van der Waals surface area contributed by atoms with Crippen molar-refractivity contribution in [2.45, 2.75) is 25.4 Å². The number of carbonyl (C=O) groups excluding carboxylic acids is 1. The number of likely N-dealkylation sites (tertiary alicyclic amines) is 1. The van der Waals surface area contributed by atoms with Gasteiger partial charge in [-0.05, 0) is 50.1 Å². The maximum Gasteiger partial charge on any atom is 0.260 e. The van der Waals surface area contributed by atoms with Gasteiger partial charge in [0, 0.05) is 31.3 Å². The normalized spacial score (nSPS) is 14.3. The Morgan fingerprint density at radius 2 is 2.00 bits per heavy atom. The average molecular weight is 451 g/mol. The first-order valence-corrected chi connectivity index (χ1v) is 9.32. The molecule has 0 spiro atoms. The van der Waals surface area contributed by atoms with E-state index in [0.29, 0.717) is 42.5 Å². The van der Waals surface area contributed by atoms with Crippen LogP contribution in [-0.2, 0) is 9.53 Å². The number of nitrogens with two attached hydrogens (primary N) is 1. The summed E-state index contributed by atoms with van der Waals surface area (Å²) in [6.07, 6.45) is 4.47. The highest BCUT2D eigenvalue weighted by Gasteiger charge is 2.23. The maximum absolute atomic E-state index is 12.4. The summed E-state index contributed by atoms with van der Waals surface area (Å²) in [5, 5.41) is 1.43. The second-order valence-electron chi connectivity index (χ2n) is 6.33. The fraction of sp³-hybridized carbons (Fsp3) is 0.474. The lowest BCUT2D eigenvalue weighted by Gasteiger charge is -2.32. The number of aromatic nitrogens is 1. The van der Waals surface area contributed by atoms with Crippen molar-refractivity contribution in [1.82, 2.24) is 9.88 Å². The number of ether oxygens (including phenoxy) is 2. The molecule has 156 valence electrons. The van der Waals surface area contributed by atoms with E-state index in [0.717, 1.165) is 24.6 Å². The quantitative estimate of drug-likeness (QED) is 0.654. The molecule has 1 fully saturated rings. The number of hydrogen-bond acceptors (Lipinski definition) is 5. The Hall–Kier alpha value is -1.31. The van der Waals surface area contributed by atoms with Gasteiger partial charge in [-0.25, -0.2) is 0 Å². The van der Waals surface area contributed by atoms with Gasteiger partial charge in [-0.15, -0.1) is 24.8 Å². The van der Waals surface area contributed by atoms with E-state index in [9.17, 15) is 4.79 Å². The van der Waals surface area contributed by atoms with Crippen molar-refractivity contribution >= 4 is 53.2 Å². The molecule has 9 heteroatoms. The molecule has 0 atom stereocenters. The van der Waals surface area contributed by atoms with E-state index in [-0.39, 0.29) is 43.4 Å². The highest BCUT2D eigenvalue weighted by molar-refractivity contribution is 6.35. The topological polar surface area (TPSA) is 77.7 Å². The van der Waals surface area contributed by atoms with Crippen LogP contribution in [0, 0.1) is 0 Å². The molecule has 1 saturated heterocycles. The number of piperidine rings is 1. The maximum atomic E-state index is 12.4. The lowest BCUT2D eigenvalue weighted by molar-refractivity contribution is -0.136. The summed E-state index contributed by atoms with van der Waals surface area (Å²) in [7, 11) is 0. The standard InChI is InChI=1S/C19H24ClN3O3.2ClH/c20-16-4-5-17(19-15(16)3-1-9-22-19)26-13-18(24)23-10-6-14(7-11-23)25-12-2-8-21;;/h1,3-5,9,14H,2,6-8,10-13,21H2;2*1H. The molecule has 3 rings (SSSR count). The predicted octanol–water partition coefficient (Wildman–Crippen LogP) is 3.47. The van der Waals surface area contributed by atoms with E-state index < -0.39 is 0 Å². The Morgan fingerprint density at radius 3 is 2.71 bits per heavy atom. The summed E-state index contributed by atoms with van der Waals surface area (Å²) in [4.78, 5) is 18.6. The van der Waals surface area contributed by atoms with Crippen molar-refractivity contribution in [2.75, 3.05) is 32.8 Å². The van der Waals surface area contributed by atoms with Crippen molar-refractivity contribution in [3.05, 3.63) is 35.5 Å². The molecule has 2 aromatic rings. The smallest absolute Gasteiger partial charge is 0.260 e. The number of hydrogen-bond donors (Lipinski definition) is 1. The van der Waals surface area contributed by atoms with Gasteiger partial charge in [0.2, 0.25) is 0 Å². The van der Waals surface area contributed by atoms with Gasteiger partial charge in [0.05, 0.1) is 11.1 Å². The summed E-state index contributed by atoms with van der Waals surface area (Å²) in [5.74, 6) is 0.544. The number of nitrogens with zero attached hydrogens (tertiary/aromatic N) is 2. The van der Waals surface area contributed by atoms with Crippen LogP contribution in [0.3, 0.4) is 0 Å². The van der Waals surface area contributed by atoms with Crippen molar-refractivity contribution in [2.24, 2.45) is 5.73 Å². The highest BCUT2D eigenvalue weighted by Crippen LogP contribution is 2.29. The lowest BCUT2D eigenvalue weighted by atomic mass is 10.1. The Morgan fingerprint density at radius 1 is 1.25 bits per heavy atom. The Kier molecular flexibility index (Phi) is 10.9. The summed E-state index contributed by atoms with van der Waals surface area (Å²) in [5.41, 5.74) is 6.14. The molecule has 0 unspecified atom stereocenters. The van der Waals surface area contributed by atoms with Crippen molar-refractivity contribution in [3.63, 3.8) is 0 Å². The molecule has 6 nitrogen and oxygen atoms in total. The van der Waals surface area contributed by atoms with E-state index in [2.05, 4.69) is 4.98 Å². The SMILES string of the molecule is Cl.Cl.NCCCOC1CCN(C(=O)COc2ccc(Cl)c3cccnc23)CC1. The molecule has 0 bridgehead atoms. The molecular formula is C19H26Cl3N3O3. The van der Waals surface area contributed by atoms with E-state index in [4.69, 9.17) is 26.8 Å². The highest BCUT2D eigenvalue weighted by atomic mass is 35.5. The minimum Gasteiger partial charge on any atom is -0.481 e. The zero-order valence-corrected chi connectivity index (χ0v) is 17.9. The van der Waals surface area contributed by atoms with Gasteiger partial charge in [-0.1, -0.05) is 11.6 Å². The van der Waals surface area contributed by atoms with Crippen molar-refractivity contribution in [3.8, 4) is 5.75 Å². The monoisotopic (exact) mass is 449 g/mol. The number of fused-ring (bicyclic) bond motifs is 1. The third kappa shape index (κ3) is 6.36. The molecule has 1 aromatic carbocycles. The predicted molar refractivity (Wildman–Crippen MR) is 116 cm³/mol. The van der Waals surface area contributed by atoms with Crippen molar-refractivity contribution < 1.29 is 14.3 Å². The second-order valence-corrected chi connectivity index (χ2v) is 6.73. The molecule has 1 aromatic heterocycles. The van der Waals surface area contributed by atoms with E-state index >= 15 is 0 Å². The fourth-order valence-corrected chi connectivity index (χ4v) is 3.28.